The van der Waals surface area contributed by atoms with Gasteiger partial charge in [-0.1, -0.05) is 31.2 Å². The fraction of sp³-hybridized carbons (Fsp3) is 0.606. The Kier molecular flexibility index (Phi) is 5.28. The van der Waals surface area contributed by atoms with Crippen molar-refractivity contribution in [1.29, 1.82) is 0 Å². The maximum atomic E-state index is 12.3. The van der Waals surface area contributed by atoms with E-state index in [9.17, 15) is 5.11 Å². The predicted octanol–water partition coefficient (Wildman–Crippen LogP) is 5.86. The predicted molar refractivity (Wildman–Crippen MR) is 147 cm³/mol. The molecule has 1 aromatic carbocycles. The van der Waals surface area contributed by atoms with Gasteiger partial charge in [0.15, 0.2) is 5.79 Å². The standard InChI is InChI=1S/C33H40N2O4/c1-22-10-16-39-33(22)13-9-27-25-7-11-31(36)20-32(37-17-18-38-32)12-8-28(31)29(25)26(19-30(27,33)2)23-3-5-24(6-4-23)35-15-14-34-21-35/h3-6,14-15,21,25-27,36H,1,7-13,16-20H2,2H3/t25?,26-,27?,30+,31-,33?/m1/s1. The van der Waals surface area contributed by atoms with Crippen molar-refractivity contribution in [3.05, 3.63) is 71.8 Å². The van der Waals surface area contributed by atoms with E-state index in [1.54, 1.807) is 0 Å². The van der Waals surface area contributed by atoms with E-state index >= 15 is 0 Å². The number of hydrogen-bond donors (Lipinski definition) is 1. The lowest BCUT2D eigenvalue weighted by atomic mass is 9.49. The first-order valence-corrected chi connectivity index (χ1v) is 15.0. The Hall–Kier alpha value is -2.25. The molecule has 6 aliphatic rings. The van der Waals surface area contributed by atoms with Crippen LogP contribution in [0.2, 0.25) is 0 Å². The molecule has 1 aromatic heterocycles. The summed E-state index contributed by atoms with van der Waals surface area (Å²) >= 11 is 0. The van der Waals surface area contributed by atoms with Gasteiger partial charge in [0, 0.05) is 42.3 Å². The van der Waals surface area contributed by atoms with Crippen molar-refractivity contribution >= 4 is 0 Å². The van der Waals surface area contributed by atoms with Crippen LogP contribution in [0.15, 0.2) is 66.3 Å². The molecule has 206 valence electrons. The van der Waals surface area contributed by atoms with Gasteiger partial charge >= 0.3 is 0 Å². The smallest absolute Gasteiger partial charge is 0.171 e. The Labute approximate surface area is 231 Å². The number of allylic oxidation sites excluding steroid dienone is 1. The molecule has 39 heavy (non-hydrogen) atoms. The molecule has 6 heteroatoms. The number of aliphatic hydroxyl groups is 1. The van der Waals surface area contributed by atoms with Crippen LogP contribution < -0.4 is 0 Å². The van der Waals surface area contributed by atoms with Crippen LogP contribution >= 0.6 is 0 Å². The molecule has 8 rings (SSSR count). The van der Waals surface area contributed by atoms with E-state index in [0.717, 1.165) is 57.2 Å². The SMILES string of the molecule is C=C1CCOC12CCC1C3CC[C@@]4(O)CC5(CCC4=C3[C@@H](c3ccc(-n4ccnc4)cc3)C[C@@]12C)OCCO5. The van der Waals surface area contributed by atoms with E-state index < -0.39 is 11.4 Å². The largest absolute Gasteiger partial charge is 0.385 e. The number of rotatable bonds is 2. The summed E-state index contributed by atoms with van der Waals surface area (Å²) in [5.41, 5.74) is 5.56. The first-order valence-electron chi connectivity index (χ1n) is 15.0. The highest BCUT2D eigenvalue weighted by Gasteiger charge is 2.67. The summed E-state index contributed by atoms with van der Waals surface area (Å²) in [6.07, 6.45) is 14.0. The van der Waals surface area contributed by atoms with Gasteiger partial charge in [-0.3, -0.25) is 0 Å². The summed E-state index contributed by atoms with van der Waals surface area (Å²) in [4.78, 5) is 4.23. The van der Waals surface area contributed by atoms with Crippen molar-refractivity contribution in [2.24, 2.45) is 17.3 Å². The fourth-order valence-electron chi connectivity index (χ4n) is 10.1. The molecular formula is C33H40N2O4. The Morgan fingerprint density at radius 2 is 1.82 bits per heavy atom. The molecular weight excluding hydrogens is 488 g/mol. The first kappa shape index (κ1) is 24.5. The quantitative estimate of drug-likeness (QED) is 0.495. The molecule has 6 nitrogen and oxygen atoms in total. The van der Waals surface area contributed by atoms with E-state index in [4.69, 9.17) is 14.2 Å². The van der Waals surface area contributed by atoms with E-state index in [1.807, 2.05) is 18.7 Å². The van der Waals surface area contributed by atoms with Gasteiger partial charge in [-0.15, -0.1) is 0 Å². The summed E-state index contributed by atoms with van der Waals surface area (Å²) in [6, 6.07) is 9.04. The Morgan fingerprint density at radius 3 is 2.54 bits per heavy atom. The van der Waals surface area contributed by atoms with E-state index in [-0.39, 0.29) is 16.9 Å². The number of nitrogens with zero attached hydrogens (tertiary/aromatic N) is 2. The van der Waals surface area contributed by atoms with Gasteiger partial charge in [-0.25, -0.2) is 4.98 Å². The van der Waals surface area contributed by atoms with Crippen molar-refractivity contribution in [3.63, 3.8) is 0 Å². The van der Waals surface area contributed by atoms with Gasteiger partial charge in [0.05, 0.1) is 37.4 Å². The van der Waals surface area contributed by atoms with Crippen molar-refractivity contribution in [1.82, 2.24) is 9.55 Å². The lowest BCUT2D eigenvalue weighted by molar-refractivity contribution is -0.208. The van der Waals surface area contributed by atoms with Gasteiger partial charge in [-0.2, -0.15) is 0 Å². The van der Waals surface area contributed by atoms with E-state index in [1.165, 1.54) is 28.7 Å². The Morgan fingerprint density at radius 1 is 1.00 bits per heavy atom. The second kappa shape index (κ2) is 8.39. The lowest BCUT2D eigenvalue weighted by Gasteiger charge is -2.58. The number of hydrogen-bond acceptors (Lipinski definition) is 5. The molecule has 0 radical (unpaired) electrons. The second-order valence-electron chi connectivity index (χ2n) is 13.3. The summed E-state index contributed by atoms with van der Waals surface area (Å²) in [5.74, 6) is 0.661. The first-order chi connectivity index (χ1) is 18.9. The number of benzene rings is 1. The molecule has 3 unspecified atom stereocenters. The fourth-order valence-corrected chi connectivity index (χ4v) is 10.1. The zero-order valence-electron chi connectivity index (χ0n) is 23.0. The third-order valence-corrected chi connectivity index (χ3v) is 11.8. The van der Waals surface area contributed by atoms with E-state index in [0.29, 0.717) is 31.5 Å². The van der Waals surface area contributed by atoms with E-state index in [2.05, 4.69) is 47.3 Å². The highest BCUT2D eigenvalue weighted by Crippen LogP contribution is 2.70. The highest BCUT2D eigenvalue weighted by atomic mass is 16.7. The molecule has 6 atom stereocenters. The van der Waals surface area contributed by atoms with Gasteiger partial charge in [0.1, 0.15) is 0 Å². The maximum absolute atomic E-state index is 12.3. The van der Waals surface area contributed by atoms with Crippen molar-refractivity contribution in [2.75, 3.05) is 19.8 Å². The third-order valence-electron chi connectivity index (χ3n) is 11.8. The van der Waals surface area contributed by atoms with Crippen LogP contribution in [0.3, 0.4) is 0 Å². The number of fused-ring (bicyclic) bond motifs is 5. The molecule has 4 aliphatic carbocycles. The minimum absolute atomic E-state index is 0.0337. The van der Waals surface area contributed by atoms with Gasteiger partial charge < -0.3 is 23.9 Å². The number of ether oxygens (including phenoxy) is 3. The van der Waals surface area contributed by atoms with Crippen LogP contribution in [-0.4, -0.2) is 51.5 Å². The molecule has 5 fully saturated rings. The zero-order chi connectivity index (χ0) is 26.5. The average molecular weight is 529 g/mol. The molecule has 0 bridgehead atoms. The normalized spacial score (nSPS) is 40.8. The van der Waals surface area contributed by atoms with Gasteiger partial charge in [0.25, 0.3) is 0 Å². The third kappa shape index (κ3) is 3.32. The molecule has 2 aromatic rings. The van der Waals surface area contributed by atoms with Crippen molar-refractivity contribution < 1.29 is 19.3 Å². The topological polar surface area (TPSA) is 65.7 Å². The molecule has 2 spiro atoms. The van der Waals surface area contributed by atoms with Crippen LogP contribution in [0.25, 0.3) is 5.69 Å². The molecule has 2 saturated heterocycles. The van der Waals surface area contributed by atoms with Crippen LogP contribution in [0.5, 0.6) is 0 Å². The zero-order valence-corrected chi connectivity index (χ0v) is 23.0. The monoisotopic (exact) mass is 528 g/mol. The second-order valence-corrected chi connectivity index (χ2v) is 13.3. The minimum Gasteiger partial charge on any atom is -0.385 e. The minimum atomic E-state index is -0.846. The summed E-state index contributed by atoms with van der Waals surface area (Å²) in [7, 11) is 0. The highest BCUT2D eigenvalue weighted by molar-refractivity contribution is 5.47. The van der Waals surface area contributed by atoms with Gasteiger partial charge in [-0.05, 0) is 85.6 Å². The average Bonchev–Trinajstić information content (AvgIpc) is 3.73. The number of aromatic nitrogens is 2. The molecule has 3 heterocycles. The molecule has 0 amide bonds. The van der Waals surface area contributed by atoms with Crippen LogP contribution in [0, 0.1) is 17.3 Å². The Bertz CT molecular complexity index is 1330. The van der Waals surface area contributed by atoms with Crippen molar-refractivity contribution in [3.8, 4) is 5.69 Å². The number of imidazole rings is 1. The Balaban J connectivity index is 1.25. The van der Waals surface area contributed by atoms with Crippen LogP contribution in [0.1, 0.15) is 76.2 Å². The van der Waals surface area contributed by atoms with Crippen LogP contribution in [0.4, 0.5) is 0 Å². The summed E-state index contributed by atoms with van der Waals surface area (Å²) < 4.78 is 21.0. The molecule has 3 saturated carbocycles. The molecule has 1 N–H and O–H groups in total. The lowest BCUT2D eigenvalue weighted by Crippen LogP contribution is -2.55. The van der Waals surface area contributed by atoms with Crippen LogP contribution in [-0.2, 0) is 14.2 Å². The van der Waals surface area contributed by atoms with Gasteiger partial charge in [0.2, 0.25) is 0 Å². The summed E-state index contributed by atoms with van der Waals surface area (Å²) in [6.45, 7) is 9.13. The van der Waals surface area contributed by atoms with Crippen molar-refractivity contribution in [2.45, 2.75) is 87.6 Å². The summed E-state index contributed by atoms with van der Waals surface area (Å²) in [5, 5.41) is 12.3. The molecule has 2 aliphatic heterocycles. The maximum Gasteiger partial charge on any atom is 0.171 e.